The van der Waals surface area contributed by atoms with Gasteiger partial charge in [-0.05, 0) is 0 Å². The number of aliphatic imine (C=N–C) groups is 1. The number of rotatable bonds is 2. The van der Waals surface area contributed by atoms with Gasteiger partial charge in [0.2, 0.25) is 0 Å². The zero-order valence-electron chi connectivity index (χ0n) is 19.7. The van der Waals surface area contributed by atoms with Gasteiger partial charge in [-0.15, -0.1) is 0 Å². The number of hydrogen-bond donors (Lipinski definition) is 1. The van der Waals surface area contributed by atoms with E-state index in [-0.39, 0.29) is 15.4 Å². The molecule has 4 aliphatic rings. The standard InChI is InChI=1S/C13H16ClNO.C12H12N3O2.In/c1-4-8(2)13-9(3)10-5-6-12(14)15-11(10)7-16-13;1-6-11-9(5-17-6)8-2-7(4-16)14-3-10(8)15-12(11)13;/h5-6,8,13H,1,4,7H2,2-3H3;6H,2-3,5H2,1H3,(H2,13,15);/t8-,13-;6-;/m01./s1. The normalized spacial score (nSPS) is 29.6. The van der Waals surface area contributed by atoms with Crippen LogP contribution in [0.3, 0.4) is 0 Å². The minimum absolute atomic E-state index is 0.0397. The molecule has 1 fully saturated rings. The van der Waals surface area contributed by atoms with E-state index in [2.05, 4.69) is 29.9 Å². The fourth-order valence-corrected chi connectivity index (χ4v) is 19.3. The van der Waals surface area contributed by atoms with E-state index >= 15 is 0 Å². The monoisotopic (exact) mass is 582 g/mol. The van der Waals surface area contributed by atoms with Crippen molar-refractivity contribution in [2.75, 3.05) is 5.73 Å². The van der Waals surface area contributed by atoms with Crippen LogP contribution in [-0.2, 0) is 43.6 Å². The zero-order chi connectivity index (χ0) is 23.8. The van der Waals surface area contributed by atoms with Crippen molar-refractivity contribution in [3.63, 3.8) is 0 Å². The van der Waals surface area contributed by atoms with Crippen molar-refractivity contribution in [1.29, 1.82) is 0 Å². The van der Waals surface area contributed by atoms with Crippen LogP contribution < -0.4 is 5.73 Å². The van der Waals surface area contributed by atoms with Gasteiger partial charge in [0.1, 0.15) is 0 Å². The number of carbonyl (C=O) groups excluding carboxylic acids is 1. The van der Waals surface area contributed by atoms with Crippen molar-refractivity contribution in [3.05, 3.63) is 50.9 Å². The third-order valence-corrected chi connectivity index (χ3v) is 20.0. The third-order valence-electron chi connectivity index (χ3n) is 8.48. The Morgan fingerprint density at radius 3 is 2.82 bits per heavy atom. The number of ether oxygens (including phenoxy) is 2. The molecule has 7 nitrogen and oxygen atoms in total. The Morgan fingerprint density at radius 1 is 1.18 bits per heavy atom. The summed E-state index contributed by atoms with van der Waals surface area (Å²) < 4.78 is 13.3. The first-order valence-corrected chi connectivity index (χ1v) is 18.1. The first-order chi connectivity index (χ1) is 16.3. The molecule has 0 radical (unpaired) electrons. The second-order valence-corrected chi connectivity index (χ2v) is 20.4. The van der Waals surface area contributed by atoms with Crippen LogP contribution in [-0.4, -0.2) is 46.8 Å². The van der Waals surface area contributed by atoms with Gasteiger partial charge in [0, 0.05) is 0 Å². The van der Waals surface area contributed by atoms with Crippen molar-refractivity contribution in [2.24, 2.45) is 10.9 Å². The fourth-order valence-electron chi connectivity index (χ4n) is 6.77. The Balaban J connectivity index is 1.38. The van der Waals surface area contributed by atoms with E-state index in [1.807, 2.05) is 13.0 Å². The van der Waals surface area contributed by atoms with E-state index in [1.54, 1.807) is 0 Å². The first kappa shape index (κ1) is 23.0. The molecule has 0 saturated carbocycles. The maximum atomic E-state index is 14.2. The van der Waals surface area contributed by atoms with Crippen molar-refractivity contribution >= 4 is 48.1 Å². The topological polar surface area (TPSA) is 99.7 Å². The van der Waals surface area contributed by atoms with Crippen LogP contribution in [0.15, 0.2) is 17.1 Å². The first-order valence-electron chi connectivity index (χ1n) is 12.1. The predicted molar refractivity (Wildman–Crippen MR) is 131 cm³/mol. The molecular formula is C25H28ClInN4O3. The number of nitrogen functional groups attached to an aromatic ring is 1. The third kappa shape index (κ3) is 3.32. The summed E-state index contributed by atoms with van der Waals surface area (Å²) in [6.07, 6.45) is 1.53. The average Bonchev–Trinajstić information content (AvgIpc) is 3.21. The molecule has 176 valence electrons. The van der Waals surface area contributed by atoms with Crippen molar-refractivity contribution < 1.29 is 14.3 Å². The molecule has 2 aromatic heterocycles. The Morgan fingerprint density at radius 2 is 2.00 bits per heavy atom. The van der Waals surface area contributed by atoms with Gasteiger partial charge in [0.05, 0.1) is 0 Å². The number of halogens is 1. The fraction of sp³-hybridized carbons (Fsp3) is 0.520. The summed E-state index contributed by atoms with van der Waals surface area (Å²) in [5, 5.41) is 0.469. The van der Waals surface area contributed by atoms with E-state index < -0.39 is 21.4 Å². The molecule has 1 saturated heterocycles. The Kier molecular flexibility index (Phi) is 5.59. The number of hydrogen-bond acceptors (Lipinski definition) is 7. The molecule has 0 bridgehead atoms. The molecule has 0 spiro atoms. The molecule has 34 heavy (non-hydrogen) atoms. The molecule has 2 aromatic rings. The summed E-state index contributed by atoms with van der Waals surface area (Å²) in [5.41, 5.74) is 13.1. The number of aromatic nitrogens is 2. The molecule has 6 heterocycles. The molecule has 0 aromatic carbocycles. The quantitative estimate of drug-likeness (QED) is 0.541. The van der Waals surface area contributed by atoms with Gasteiger partial charge in [-0.1, -0.05) is 0 Å². The molecule has 4 aliphatic heterocycles. The second-order valence-electron chi connectivity index (χ2n) is 10.3. The van der Waals surface area contributed by atoms with Gasteiger partial charge in [-0.3, -0.25) is 0 Å². The van der Waals surface area contributed by atoms with Crippen LogP contribution in [0.25, 0.3) is 0 Å². The second kappa shape index (κ2) is 8.29. The van der Waals surface area contributed by atoms with Crippen LogP contribution in [0, 0.1) is 5.92 Å². The molecule has 9 heteroatoms. The Labute approximate surface area is 212 Å². The van der Waals surface area contributed by atoms with Gasteiger partial charge in [0.25, 0.3) is 0 Å². The minimum atomic E-state index is -2.98. The van der Waals surface area contributed by atoms with Gasteiger partial charge in [0.15, 0.2) is 0 Å². The number of nitrogens with two attached hydrogens (primary N) is 1. The predicted octanol–water partition coefficient (Wildman–Crippen LogP) is 3.84. The average molecular weight is 583 g/mol. The molecule has 0 unspecified atom stereocenters. The molecule has 0 amide bonds. The number of anilines is 1. The van der Waals surface area contributed by atoms with E-state index in [4.69, 9.17) is 31.8 Å². The van der Waals surface area contributed by atoms with Gasteiger partial charge < -0.3 is 0 Å². The molecule has 4 atom stereocenters. The van der Waals surface area contributed by atoms with Gasteiger partial charge in [-0.25, -0.2) is 0 Å². The summed E-state index contributed by atoms with van der Waals surface area (Å²) in [4.78, 5) is 28.2. The number of fused-ring (bicyclic) bond motifs is 6. The summed E-state index contributed by atoms with van der Waals surface area (Å²) in [6.45, 7) is 7.89. The molecule has 0 aliphatic carbocycles. The van der Waals surface area contributed by atoms with Crippen molar-refractivity contribution in [2.45, 2.75) is 72.9 Å². The zero-order valence-corrected chi connectivity index (χ0v) is 23.8. The number of nitrogens with zero attached hydrogens (tertiary/aromatic N) is 3. The van der Waals surface area contributed by atoms with Gasteiger partial charge in [-0.2, -0.15) is 0 Å². The van der Waals surface area contributed by atoms with E-state index in [9.17, 15) is 4.79 Å². The summed E-state index contributed by atoms with van der Waals surface area (Å²) in [5.74, 6) is 0.930. The number of pyridine rings is 2. The van der Waals surface area contributed by atoms with E-state index in [0.29, 0.717) is 52.3 Å². The maximum absolute atomic E-state index is 14.2. The SMILES string of the molecule is C[C@H]1OCc2c3c(nc(N)c21)CN=C([C](=O)[In]1[CH2]C[C@H](C)[C@@H]2OCc4nc(Cl)ccc4[C@]21C)C3. The van der Waals surface area contributed by atoms with E-state index in [1.165, 1.54) is 5.56 Å². The summed E-state index contributed by atoms with van der Waals surface area (Å²) >= 11 is 3.22. The van der Waals surface area contributed by atoms with Crippen molar-refractivity contribution in [3.8, 4) is 0 Å². The van der Waals surface area contributed by atoms with E-state index in [0.717, 1.165) is 38.7 Å². The summed E-state index contributed by atoms with van der Waals surface area (Å²) in [6, 6.07) is 3.95. The van der Waals surface area contributed by atoms with Crippen LogP contribution in [0.2, 0.25) is 9.33 Å². The molecular weight excluding hydrogens is 555 g/mol. The summed E-state index contributed by atoms with van der Waals surface area (Å²) in [7, 11) is 0. The Hall–Kier alpha value is -1.48. The Bertz CT molecular complexity index is 1250. The van der Waals surface area contributed by atoms with Crippen LogP contribution >= 0.6 is 11.6 Å². The van der Waals surface area contributed by atoms with Crippen LogP contribution in [0.5, 0.6) is 0 Å². The molecule has 2 N–H and O–H groups in total. The van der Waals surface area contributed by atoms with Crippen LogP contribution in [0.1, 0.15) is 66.9 Å². The van der Waals surface area contributed by atoms with Crippen LogP contribution in [0.4, 0.5) is 5.82 Å². The number of carbonyl (C=O) groups is 1. The molecule has 6 rings (SSSR count). The van der Waals surface area contributed by atoms with Crippen molar-refractivity contribution in [1.82, 2.24) is 9.97 Å². The van der Waals surface area contributed by atoms with Gasteiger partial charge >= 0.3 is 213 Å².